The molecule has 0 saturated heterocycles. The van der Waals surface area contributed by atoms with Gasteiger partial charge in [0.15, 0.2) is 12.0 Å². The van der Waals surface area contributed by atoms with E-state index in [4.69, 9.17) is 15.0 Å². The molecule has 0 fully saturated rings. The van der Waals surface area contributed by atoms with E-state index in [9.17, 15) is 0 Å². The van der Waals surface area contributed by atoms with Crippen molar-refractivity contribution in [1.82, 2.24) is 19.4 Å². The Morgan fingerprint density at radius 1 is 0.705 bits per heavy atom. The molecule has 0 bridgehead atoms. The van der Waals surface area contributed by atoms with Crippen LogP contribution < -0.4 is 4.57 Å². The fourth-order valence-corrected chi connectivity index (χ4v) is 6.79. The lowest BCUT2D eigenvalue weighted by Gasteiger charge is -2.23. The van der Waals surface area contributed by atoms with Gasteiger partial charge in [-0.1, -0.05) is 80.5 Å². The van der Waals surface area contributed by atoms with E-state index in [1.54, 1.807) is 0 Å². The van der Waals surface area contributed by atoms with Crippen molar-refractivity contribution in [3.63, 3.8) is 0 Å². The summed E-state index contributed by atoms with van der Waals surface area (Å²) in [5, 5.41) is 6.37. The van der Waals surface area contributed by atoms with Gasteiger partial charge in [-0.05, 0) is 59.5 Å². The molecule has 0 aliphatic heterocycles. The van der Waals surface area contributed by atoms with Crippen molar-refractivity contribution in [2.75, 3.05) is 0 Å². The van der Waals surface area contributed by atoms with Crippen LogP contribution in [0.3, 0.4) is 0 Å². The summed E-state index contributed by atoms with van der Waals surface area (Å²) in [6.45, 7) is 22.2. The van der Waals surface area contributed by atoms with E-state index < -0.39 is 0 Å². The van der Waals surface area contributed by atoms with Crippen LogP contribution >= 0.6 is 0 Å². The summed E-state index contributed by atoms with van der Waals surface area (Å²) in [6, 6.07) is 18.5. The van der Waals surface area contributed by atoms with Crippen molar-refractivity contribution < 1.29 is 4.57 Å². The minimum atomic E-state index is -0.201. The molecular formula is C39H44N5+. The SMILES string of the molecule is Cc1ccc2c3cc(CC(C)(C)C)ccc3n3c4cc(-c5nc(C(C)(C)C)nc(C(C)(C)C)n5)cc5cc[n+](C)c(c1c23)c54. The molecule has 44 heavy (non-hydrogen) atoms. The third-order valence-corrected chi connectivity index (χ3v) is 8.86. The van der Waals surface area contributed by atoms with Crippen molar-refractivity contribution in [3.8, 4) is 11.4 Å². The quantitative estimate of drug-likeness (QED) is 0.116. The summed E-state index contributed by atoms with van der Waals surface area (Å²) < 4.78 is 4.79. The first kappa shape index (κ1) is 28.6. The Morgan fingerprint density at radius 2 is 1.39 bits per heavy atom. The van der Waals surface area contributed by atoms with E-state index in [0.717, 1.165) is 29.5 Å². The fraction of sp³-hybridized carbons (Fsp3) is 0.385. The van der Waals surface area contributed by atoms with Gasteiger partial charge in [0.1, 0.15) is 18.7 Å². The van der Waals surface area contributed by atoms with Gasteiger partial charge in [-0.2, -0.15) is 0 Å². The van der Waals surface area contributed by atoms with Gasteiger partial charge in [-0.25, -0.2) is 19.5 Å². The van der Waals surface area contributed by atoms with E-state index in [-0.39, 0.29) is 16.2 Å². The summed E-state index contributed by atoms with van der Waals surface area (Å²) in [6.07, 6.45) is 3.23. The van der Waals surface area contributed by atoms with Gasteiger partial charge in [0, 0.05) is 33.2 Å². The second kappa shape index (κ2) is 9.20. The maximum Gasteiger partial charge on any atom is 0.224 e. The molecule has 0 aliphatic carbocycles. The van der Waals surface area contributed by atoms with Crippen molar-refractivity contribution in [2.45, 2.75) is 86.5 Å². The van der Waals surface area contributed by atoms with Gasteiger partial charge in [0.05, 0.1) is 27.3 Å². The van der Waals surface area contributed by atoms with Gasteiger partial charge < -0.3 is 4.40 Å². The monoisotopic (exact) mass is 582 g/mol. The van der Waals surface area contributed by atoms with Crippen LogP contribution in [0.25, 0.3) is 60.4 Å². The Morgan fingerprint density at radius 3 is 2.02 bits per heavy atom. The summed E-state index contributed by atoms with van der Waals surface area (Å²) in [4.78, 5) is 15.1. The Bertz CT molecular complexity index is 2230. The van der Waals surface area contributed by atoms with Crippen LogP contribution in [0, 0.1) is 12.3 Å². The molecular weight excluding hydrogens is 538 g/mol. The van der Waals surface area contributed by atoms with Crippen molar-refractivity contribution in [2.24, 2.45) is 12.5 Å². The molecule has 7 rings (SSSR count). The van der Waals surface area contributed by atoms with Crippen LogP contribution in [0.2, 0.25) is 0 Å². The Kier molecular flexibility index (Phi) is 5.99. The van der Waals surface area contributed by atoms with Crippen molar-refractivity contribution in [1.29, 1.82) is 0 Å². The van der Waals surface area contributed by atoms with E-state index in [1.807, 2.05) is 0 Å². The number of fused-ring (bicyclic) bond motifs is 5. The van der Waals surface area contributed by atoms with E-state index in [2.05, 4.69) is 140 Å². The van der Waals surface area contributed by atoms with Crippen LogP contribution in [0.4, 0.5) is 0 Å². The Labute approximate surface area is 260 Å². The molecule has 4 heterocycles. The van der Waals surface area contributed by atoms with E-state index >= 15 is 0 Å². The summed E-state index contributed by atoms with van der Waals surface area (Å²) >= 11 is 0. The number of benzene rings is 3. The normalized spacial score (nSPS) is 13.4. The molecule has 0 saturated carbocycles. The molecule has 0 aliphatic rings. The first-order valence-corrected chi connectivity index (χ1v) is 15.8. The van der Waals surface area contributed by atoms with Gasteiger partial charge in [-0.15, -0.1) is 0 Å². The lowest BCUT2D eigenvalue weighted by Crippen LogP contribution is -2.29. The number of pyridine rings is 2. The molecule has 4 aromatic heterocycles. The number of hydrogen-bond acceptors (Lipinski definition) is 3. The summed E-state index contributed by atoms with van der Waals surface area (Å²) in [5.74, 6) is 2.38. The number of rotatable bonds is 2. The molecule has 7 aromatic rings. The van der Waals surface area contributed by atoms with Crippen LogP contribution in [-0.4, -0.2) is 19.4 Å². The minimum Gasteiger partial charge on any atom is -0.307 e. The zero-order valence-electron chi connectivity index (χ0n) is 28.1. The lowest BCUT2D eigenvalue weighted by atomic mass is 9.88. The fourth-order valence-electron chi connectivity index (χ4n) is 6.79. The van der Waals surface area contributed by atoms with Crippen LogP contribution in [0.1, 0.15) is 85.1 Å². The van der Waals surface area contributed by atoms with Gasteiger partial charge in [0.25, 0.3) is 0 Å². The molecule has 5 nitrogen and oxygen atoms in total. The zero-order chi connectivity index (χ0) is 31.5. The number of aromatic nitrogens is 5. The maximum absolute atomic E-state index is 5.09. The standard InChI is InChI=1S/C39H44N5/c1-22-12-14-26-27-18-23(21-37(2,3)4)13-15-28(27)44-29-20-25(19-24-16-17-43(11)33(31(24)29)30(22)32(26)44)34-40-35(38(5,6)7)42-36(41-34)39(8,9)10/h12-20H,21H2,1-11H3/q+1. The van der Waals surface area contributed by atoms with Gasteiger partial charge in [-0.3, -0.25) is 0 Å². The summed E-state index contributed by atoms with van der Waals surface area (Å²) in [5.41, 5.74) is 8.46. The second-order valence-corrected chi connectivity index (χ2v) is 16.1. The molecule has 3 aromatic carbocycles. The molecule has 0 unspecified atom stereocenters. The number of hydrogen-bond donors (Lipinski definition) is 0. The lowest BCUT2D eigenvalue weighted by molar-refractivity contribution is -0.643. The molecule has 0 spiro atoms. The third kappa shape index (κ3) is 4.43. The molecule has 0 amide bonds. The van der Waals surface area contributed by atoms with Gasteiger partial charge in [0.2, 0.25) is 5.52 Å². The minimum absolute atomic E-state index is 0.201. The Balaban J connectivity index is 1.65. The topological polar surface area (TPSA) is 47.0 Å². The highest BCUT2D eigenvalue weighted by Gasteiger charge is 2.28. The maximum atomic E-state index is 5.09. The van der Waals surface area contributed by atoms with Crippen molar-refractivity contribution >= 4 is 49.0 Å². The number of aryl methyl sites for hydroxylation is 2. The average Bonchev–Trinajstić information content (AvgIpc) is 3.25. The molecule has 0 N–H and O–H groups in total. The van der Waals surface area contributed by atoms with E-state index in [1.165, 1.54) is 60.1 Å². The average molecular weight is 583 g/mol. The van der Waals surface area contributed by atoms with E-state index in [0.29, 0.717) is 0 Å². The first-order chi connectivity index (χ1) is 20.5. The highest BCUT2D eigenvalue weighted by atomic mass is 15.1. The number of nitrogens with zero attached hydrogens (tertiary/aromatic N) is 5. The van der Waals surface area contributed by atoms with Crippen LogP contribution in [-0.2, 0) is 24.3 Å². The zero-order valence-corrected chi connectivity index (χ0v) is 28.1. The summed E-state index contributed by atoms with van der Waals surface area (Å²) in [7, 11) is 2.17. The largest absolute Gasteiger partial charge is 0.307 e. The second-order valence-electron chi connectivity index (χ2n) is 16.1. The molecule has 0 radical (unpaired) electrons. The van der Waals surface area contributed by atoms with Crippen LogP contribution in [0.5, 0.6) is 0 Å². The van der Waals surface area contributed by atoms with Crippen molar-refractivity contribution in [3.05, 3.63) is 77.5 Å². The third-order valence-electron chi connectivity index (χ3n) is 8.86. The highest BCUT2D eigenvalue weighted by Crippen LogP contribution is 2.42. The van der Waals surface area contributed by atoms with Gasteiger partial charge >= 0.3 is 0 Å². The first-order valence-electron chi connectivity index (χ1n) is 15.8. The molecule has 0 atom stereocenters. The Hall–Kier alpha value is -4.12. The molecule has 224 valence electrons. The highest BCUT2D eigenvalue weighted by molar-refractivity contribution is 6.26. The predicted molar refractivity (Wildman–Crippen MR) is 184 cm³/mol. The van der Waals surface area contributed by atoms with Crippen LogP contribution in [0.15, 0.2) is 54.7 Å². The molecule has 5 heteroatoms. The smallest absolute Gasteiger partial charge is 0.224 e. The predicted octanol–water partition coefficient (Wildman–Crippen LogP) is 9.16.